The molecule has 0 amide bonds. The minimum atomic E-state index is -0.198. The van der Waals surface area contributed by atoms with Crippen molar-refractivity contribution in [2.24, 2.45) is 5.92 Å². The molecule has 0 saturated carbocycles. The van der Waals surface area contributed by atoms with Gasteiger partial charge in [0.05, 0.1) is 12.7 Å². The predicted octanol–water partition coefficient (Wildman–Crippen LogP) is 5.78. The van der Waals surface area contributed by atoms with Crippen LogP contribution in [-0.4, -0.2) is 12.7 Å². The van der Waals surface area contributed by atoms with E-state index in [0.717, 1.165) is 36.7 Å². The monoisotopic (exact) mass is 314 g/mol. The third-order valence-corrected chi connectivity index (χ3v) is 5.36. The third kappa shape index (κ3) is 3.00. The van der Waals surface area contributed by atoms with Gasteiger partial charge >= 0.3 is 0 Å². The van der Waals surface area contributed by atoms with Crippen LogP contribution >= 0.6 is 0 Å². The Kier molecular flexibility index (Phi) is 4.44. The minimum Gasteiger partial charge on any atom is -0.496 e. The fraction of sp³-hybridized carbons (Fsp3) is 0.619. The van der Waals surface area contributed by atoms with Crippen molar-refractivity contribution in [2.75, 3.05) is 7.11 Å². The zero-order valence-electron chi connectivity index (χ0n) is 15.3. The molecule has 0 saturated heterocycles. The number of unbranched alkanes of at least 4 members (excludes halogenated alkanes) is 1. The van der Waals surface area contributed by atoms with Gasteiger partial charge in [-0.2, -0.15) is 0 Å². The van der Waals surface area contributed by atoms with Crippen LogP contribution in [0.15, 0.2) is 17.7 Å². The molecule has 126 valence electrons. The van der Waals surface area contributed by atoms with E-state index in [2.05, 4.69) is 39.8 Å². The van der Waals surface area contributed by atoms with Gasteiger partial charge in [-0.15, -0.1) is 0 Å². The van der Waals surface area contributed by atoms with Gasteiger partial charge in [-0.3, -0.25) is 0 Å². The first-order valence-corrected chi connectivity index (χ1v) is 9.09. The molecule has 0 radical (unpaired) electrons. The summed E-state index contributed by atoms with van der Waals surface area (Å²) in [5, 5.41) is 0. The molecule has 0 aromatic heterocycles. The summed E-state index contributed by atoms with van der Waals surface area (Å²) < 4.78 is 12.2. The van der Waals surface area contributed by atoms with E-state index in [9.17, 15) is 0 Å². The molecule has 0 N–H and O–H groups in total. The van der Waals surface area contributed by atoms with Gasteiger partial charge in [0.1, 0.15) is 17.1 Å². The summed E-state index contributed by atoms with van der Waals surface area (Å²) in [5.74, 6) is 2.75. The number of ether oxygens (including phenoxy) is 2. The number of aryl methyl sites for hydroxylation is 1. The van der Waals surface area contributed by atoms with Crippen molar-refractivity contribution in [2.45, 2.75) is 71.8 Å². The van der Waals surface area contributed by atoms with Gasteiger partial charge in [0, 0.05) is 0 Å². The normalized spacial score (nSPS) is 22.2. The van der Waals surface area contributed by atoms with Crippen molar-refractivity contribution < 1.29 is 9.47 Å². The Labute approximate surface area is 140 Å². The van der Waals surface area contributed by atoms with Crippen LogP contribution in [0.3, 0.4) is 0 Å². The Bertz CT molecular complexity index is 625. The average Bonchev–Trinajstić information content (AvgIpc) is 2.51. The SMILES string of the molecule is CCCCc1cc(OC)c2c(c1)OC(C)(C)C1=C2CC(C)CC1. The molecule has 1 aromatic rings. The van der Waals surface area contributed by atoms with E-state index in [1.165, 1.54) is 41.5 Å². The Morgan fingerprint density at radius 1 is 1.30 bits per heavy atom. The molecule has 0 fully saturated rings. The molecule has 1 aromatic carbocycles. The van der Waals surface area contributed by atoms with Crippen molar-refractivity contribution >= 4 is 5.57 Å². The van der Waals surface area contributed by atoms with Crippen molar-refractivity contribution in [1.29, 1.82) is 0 Å². The standard InChI is InChI=1S/C21H30O2/c1-6-7-8-15-12-18(22-5)20-16-11-14(2)9-10-17(16)21(3,4)23-19(20)13-15/h12-14H,6-11H2,1-5H3. The quantitative estimate of drug-likeness (QED) is 0.701. The minimum absolute atomic E-state index is 0.198. The maximum atomic E-state index is 6.45. The lowest BCUT2D eigenvalue weighted by Gasteiger charge is -2.41. The number of allylic oxidation sites excluding steroid dienone is 1. The van der Waals surface area contributed by atoms with Crippen LogP contribution in [0.4, 0.5) is 0 Å². The fourth-order valence-corrected chi connectivity index (χ4v) is 4.08. The molecule has 2 nitrogen and oxygen atoms in total. The van der Waals surface area contributed by atoms with Crippen molar-refractivity contribution in [3.8, 4) is 11.5 Å². The van der Waals surface area contributed by atoms with Crippen molar-refractivity contribution in [1.82, 2.24) is 0 Å². The Morgan fingerprint density at radius 2 is 2.09 bits per heavy atom. The lowest BCUT2D eigenvalue weighted by atomic mass is 9.74. The van der Waals surface area contributed by atoms with Crippen molar-refractivity contribution in [3.63, 3.8) is 0 Å². The Morgan fingerprint density at radius 3 is 2.78 bits per heavy atom. The summed E-state index contributed by atoms with van der Waals surface area (Å²) in [6.45, 7) is 9.02. The summed E-state index contributed by atoms with van der Waals surface area (Å²) >= 11 is 0. The number of rotatable bonds is 4. The maximum Gasteiger partial charge on any atom is 0.132 e. The first-order valence-electron chi connectivity index (χ1n) is 9.09. The second-order valence-electron chi connectivity index (χ2n) is 7.69. The molecule has 23 heavy (non-hydrogen) atoms. The first kappa shape index (κ1) is 16.4. The van der Waals surface area contributed by atoms with E-state index in [0.29, 0.717) is 0 Å². The summed E-state index contributed by atoms with van der Waals surface area (Å²) in [6, 6.07) is 4.47. The van der Waals surface area contributed by atoms with E-state index in [1.807, 2.05) is 0 Å². The number of benzene rings is 1. The molecule has 0 spiro atoms. The van der Waals surface area contributed by atoms with Crippen molar-refractivity contribution in [3.05, 3.63) is 28.8 Å². The van der Waals surface area contributed by atoms with Crippen LogP contribution in [0, 0.1) is 5.92 Å². The molecular formula is C21H30O2. The number of fused-ring (bicyclic) bond motifs is 2. The highest BCUT2D eigenvalue weighted by Gasteiger charge is 2.38. The molecule has 1 unspecified atom stereocenters. The summed E-state index contributed by atoms with van der Waals surface area (Å²) in [7, 11) is 1.78. The predicted molar refractivity (Wildman–Crippen MR) is 96.2 cm³/mol. The van der Waals surface area contributed by atoms with E-state index in [4.69, 9.17) is 9.47 Å². The highest BCUT2D eigenvalue weighted by atomic mass is 16.5. The van der Waals surface area contributed by atoms with Crippen LogP contribution < -0.4 is 9.47 Å². The van der Waals surface area contributed by atoms with Crippen LogP contribution in [0.1, 0.15) is 70.9 Å². The molecular weight excluding hydrogens is 284 g/mol. The largest absolute Gasteiger partial charge is 0.496 e. The second kappa shape index (κ2) is 6.22. The molecule has 2 heteroatoms. The van der Waals surface area contributed by atoms with E-state index < -0.39 is 0 Å². The Balaban J connectivity index is 2.12. The van der Waals surface area contributed by atoms with E-state index >= 15 is 0 Å². The van der Waals surface area contributed by atoms with Gasteiger partial charge in [-0.05, 0) is 80.7 Å². The fourth-order valence-electron chi connectivity index (χ4n) is 4.08. The van der Waals surface area contributed by atoms with Crippen LogP contribution in [-0.2, 0) is 6.42 Å². The number of hydrogen-bond acceptors (Lipinski definition) is 2. The van der Waals surface area contributed by atoms with Crippen LogP contribution in [0.5, 0.6) is 11.5 Å². The smallest absolute Gasteiger partial charge is 0.132 e. The zero-order valence-corrected chi connectivity index (χ0v) is 15.3. The lowest BCUT2D eigenvalue weighted by molar-refractivity contribution is 0.135. The summed E-state index contributed by atoms with van der Waals surface area (Å²) in [6.07, 6.45) is 7.04. The molecule has 3 rings (SSSR count). The molecule has 1 atom stereocenters. The second-order valence-corrected chi connectivity index (χ2v) is 7.69. The molecule has 1 aliphatic heterocycles. The summed E-state index contributed by atoms with van der Waals surface area (Å²) in [4.78, 5) is 0. The zero-order chi connectivity index (χ0) is 16.6. The first-order chi connectivity index (χ1) is 11.0. The molecule has 2 aliphatic rings. The van der Waals surface area contributed by atoms with Gasteiger partial charge in [0.15, 0.2) is 0 Å². The number of hydrogen-bond donors (Lipinski definition) is 0. The van der Waals surface area contributed by atoms with Crippen LogP contribution in [0.2, 0.25) is 0 Å². The molecule has 1 heterocycles. The van der Waals surface area contributed by atoms with E-state index in [1.54, 1.807) is 7.11 Å². The van der Waals surface area contributed by atoms with Crippen LogP contribution in [0.25, 0.3) is 5.57 Å². The van der Waals surface area contributed by atoms with Gasteiger partial charge in [0.2, 0.25) is 0 Å². The molecule has 0 bridgehead atoms. The third-order valence-electron chi connectivity index (χ3n) is 5.36. The topological polar surface area (TPSA) is 18.5 Å². The summed E-state index contributed by atoms with van der Waals surface area (Å²) in [5.41, 5.74) is 5.30. The van der Waals surface area contributed by atoms with Gasteiger partial charge in [-0.25, -0.2) is 0 Å². The highest BCUT2D eigenvalue weighted by molar-refractivity contribution is 5.81. The van der Waals surface area contributed by atoms with Gasteiger partial charge in [0.25, 0.3) is 0 Å². The van der Waals surface area contributed by atoms with Gasteiger partial charge < -0.3 is 9.47 Å². The van der Waals surface area contributed by atoms with Gasteiger partial charge in [-0.1, -0.05) is 20.3 Å². The Hall–Kier alpha value is -1.44. The molecule has 1 aliphatic carbocycles. The highest BCUT2D eigenvalue weighted by Crippen LogP contribution is 2.51. The lowest BCUT2D eigenvalue weighted by Crippen LogP contribution is -2.36. The maximum absolute atomic E-state index is 6.45. The number of methoxy groups -OCH3 is 1. The average molecular weight is 314 g/mol. The van der Waals surface area contributed by atoms with E-state index in [-0.39, 0.29) is 5.60 Å².